The monoisotopic (exact) mass is 539 g/mol. The third-order valence-electron chi connectivity index (χ3n) is 11.9. The van der Waals surface area contributed by atoms with Crippen LogP contribution in [0.15, 0.2) is 23.3 Å². The molecule has 2 saturated carbocycles. The summed E-state index contributed by atoms with van der Waals surface area (Å²) in [5.41, 5.74) is 3.37. The van der Waals surface area contributed by atoms with Gasteiger partial charge in [-0.25, -0.2) is 0 Å². The Kier molecular flexibility index (Phi) is 14.5. The fourth-order valence-corrected chi connectivity index (χ4v) is 8.62. The summed E-state index contributed by atoms with van der Waals surface area (Å²) in [7, 11) is 0. The molecule has 2 fully saturated rings. The van der Waals surface area contributed by atoms with Crippen LogP contribution in [0, 0.1) is 35.5 Å². The van der Waals surface area contributed by atoms with Crippen molar-refractivity contribution in [3.63, 3.8) is 0 Å². The minimum absolute atomic E-state index is 0.938. The van der Waals surface area contributed by atoms with E-state index in [0.717, 1.165) is 48.7 Å². The van der Waals surface area contributed by atoms with Crippen molar-refractivity contribution < 1.29 is 4.74 Å². The van der Waals surface area contributed by atoms with Gasteiger partial charge in [0.05, 0.1) is 13.2 Å². The van der Waals surface area contributed by atoms with Gasteiger partial charge in [0.15, 0.2) is 0 Å². The van der Waals surface area contributed by atoms with Gasteiger partial charge in [0.25, 0.3) is 0 Å². The Labute approximate surface area is 244 Å². The Bertz CT molecular complexity index is 642. The molecule has 0 N–H and O–H groups in total. The van der Waals surface area contributed by atoms with Gasteiger partial charge in [-0.15, -0.1) is 0 Å². The highest BCUT2D eigenvalue weighted by molar-refractivity contribution is 5.07. The van der Waals surface area contributed by atoms with Gasteiger partial charge in [-0.2, -0.15) is 0 Å². The van der Waals surface area contributed by atoms with E-state index in [0.29, 0.717) is 0 Å². The molecule has 2 atom stereocenters. The molecule has 1 heteroatoms. The van der Waals surface area contributed by atoms with Gasteiger partial charge in [-0.3, -0.25) is 0 Å². The summed E-state index contributed by atoms with van der Waals surface area (Å²) in [6, 6.07) is 0. The van der Waals surface area contributed by atoms with E-state index in [9.17, 15) is 0 Å². The van der Waals surface area contributed by atoms with Crippen molar-refractivity contribution in [3.05, 3.63) is 23.3 Å². The second-order valence-electron chi connectivity index (χ2n) is 14.6. The number of hydrogen-bond acceptors (Lipinski definition) is 1. The van der Waals surface area contributed by atoms with Crippen LogP contribution in [-0.4, -0.2) is 13.2 Å². The summed E-state index contributed by atoms with van der Waals surface area (Å²) in [4.78, 5) is 0. The first kappa shape index (κ1) is 31.4. The van der Waals surface area contributed by atoms with Crippen LogP contribution in [0.1, 0.15) is 168 Å². The van der Waals surface area contributed by atoms with Gasteiger partial charge >= 0.3 is 0 Å². The van der Waals surface area contributed by atoms with Crippen LogP contribution in [-0.2, 0) is 4.74 Å². The molecule has 0 aromatic rings. The van der Waals surface area contributed by atoms with E-state index in [1.165, 1.54) is 154 Å². The summed E-state index contributed by atoms with van der Waals surface area (Å²) in [6.07, 6.45) is 39.6. The molecular weight excluding hydrogens is 472 g/mol. The summed E-state index contributed by atoms with van der Waals surface area (Å²) in [5, 5.41) is 0. The Morgan fingerprint density at radius 1 is 0.513 bits per heavy atom. The van der Waals surface area contributed by atoms with Crippen LogP contribution >= 0.6 is 0 Å². The zero-order chi connectivity index (χ0) is 27.1. The maximum atomic E-state index is 6.11. The smallest absolute Gasteiger partial charge is 0.0503 e. The number of allylic oxidation sites excluding steroid dienone is 2. The van der Waals surface area contributed by atoms with Gasteiger partial charge in [-0.1, -0.05) is 140 Å². The van der Waals surface area contributed by atoms with Crippen molar-refractivity contribution in [1.29, 1.82) is 0 Å². The molecule has 4 aliphatic rings. The van der Waals surface area contributed by atoms with Crippen LogP contribution in [0.25, 0.3) is 0 Å². The van der Waals surface area contributed by atoms with Gasteiger partial charge < -0.3 is 4.74 Å². The molecular formula is C38H66O. The average Bonchev–Trinajstić information content (AvgIpc) is 2.99. The molecule has 39 heavy (non-hydrogen) atoms. The number of hydrogen-bond donors (Lipinski definition) is 0. The molecule has 0 aliphatic heterocycles. The predicted molar refractivity (Wildman–Crippen MR) is 170 cm³/mol. The fraction of sp³-hybridized carbons (Fsp3) is 0.895. The van der Waals surface area contributed by atoms with Gasteiger partial charge in [0.2, 0.25) is 0 Å². The van der Waals surface area contributed by atoms with E-state index in [1.54, 1.807) is 11.1 Å². The molecule has 4 aliphatic carbocycles. The van der Waals surface area contributed by atoms with Crippen molar-refractivity contribution in [2.75, 3.05) is 13.2 Å². The molecule has 0 amide bonds. The topological polar surface area (TPSA) is 9.23 Å². The van der Waals surface area contributed by atoms with Crippen molar-refractivity contribution in [2.24, 2.45) is 35.5 Å². The van der Waals surface area contributed by atoms with Gasteiger partial charge in [0, 0.05) is 0 Å². The minimum atomic E-state index is 0.938. The quantitative estimate of drug-likeness (QED) is 0.140. The van der Waals surface area contributed by atoms with Crippen LogP contribution in [0.3, 0.4) is 0 Å². The van der Waals surface area contributed by atoms with E-state index in [2.05, 4.69) is 26.0 Å². The second kappa shape index (κ2) is 18.1. The Balaban J connectivity index is 0.965. The van der Waals surface area contributed by atoms with Crippen LogP contribution < -0.4 is 0 Å². The Morgan fingerprint density at radius 2 is 0.897 bits per heavy atom. The van der Waals surface area contributed by atoms with Crippen molar-refractivity contribution >= 4 is 0 Å². The van der Waals surface area contributed by atoms with Crippen molar-refractivity contribution in [1.82, 2.24) is 0 Å². The Hall–Kier alpha value is -0.560. The molecule has 0 radical (unpaired) electrons. The third kappa shape index (κ3) is 11.7. The lowest BCUT2D eigenvalue weighted by atomic mass is 9.78. The predicted octanol–water partition coefficient (Wildman–Crippen LogP) is 12.0. The second-order valence-corrected chi connectivity index (χ2v) is 14.6. The van der Waals surface area contributed by atoms with Crippen LogP contribution in [0.4, 0.5) is 0 Å². The number of ether oxygens (including phenoxy) is 1. The van der Waals surface area contributed by atoms with E-state index in [4.69, 9.17) is 4.74 Å². The summed E-state index contributed by atoms with van der Waals surface area (Å²) in [5.74, 6) is 6.12. The summed E-state index contributed by atoms with van der Waals surface area (Å²) >= 11 is 0. The summed E-state index contributed by atoms with van der Waals surface area (Å²) in [6.45, 7) is 6.64. The molecule has 2 unspecified atom stereocenters. The van der Waals surface area contributed by atoms with E-state index in [1.807, 2.05) is 0 Å². The highest BCUT2D eigenvalue weighted by Gasteiger charge is 2.22. The highest BCUT2D eigenvalue weighted by atomic mass is 16.5. The minimum Gasteiger partial charge on any atom is -0.381 e. The summed E-state index contributed by atoms with van der Waals surface area (Å²) < 4.78 is 6.11. The maximum absolute atomic E-state index is 6.11. The van der Waals surface area contributed by atoms with E-state index in [-0.39, 0.29) is 0 Å². The van der Waals surface area contributed by atoms with Gasteiger partial charge in [-0.05, 0) is 86.9 Å². The SMILES string of the molecule is CCC1CCC(CCCC2CC=C(CCOCCC3=CCC(CCCC4CCC(CC)CC4)CC3)CC2)CC1. The molecule has 0 spiro atoms. The first-order chi connectivity index (χ1) is 19.2. The van der Waals surface area contributed by atoms with Crippen molar-refractivity contribution in [3.8, 4) is 0 Å². The molecule has 0 bridgehead atoms. The average molecular weight is 539 g/mol. The standard InChI is InChI=1S/C38H66O/c1-3-31-11-15-33(16-12-31)7-5-9-35-19-23-37(24-20-35)27-29-39-30-28-38-25-21-36(22-26-38)10-6-8-34-17-13-32(4-2)14-18-34/h23,25,31-36H,3-22,24,26-30H2,1-2H3. The molecule has 0 saturated heterocycles. The largest absolute Gasteiger partial charge is 0.381 e. The van der Waals surface area contributed by atoms with Crippen LogP contribution in [0.5, 0.6) is 0 Å². The molecule has 0 aromatic heterocycles. The normalized spacial score (nSPS) is 32.1. The lowest BCUT2D eigenvalue weighted by molar-refractivity contribution is 0.138. The third-order valence-corrected chi connectivity index (χ3v) is 11.9. The molecule has 0 aromatic carbocycles. The first-order valence-corrected chi connectivity index (χ1v) is 18.1. The highest BCUT2D eigenvalue weighted by Crippen LogP contribution is 2.36. The van der Waals surface area contributed by atoms with Gasteiger partial charge in [0.1, 0.15) is 0 Å². The fourth-order valence-electron chi connectivity index (χ4n) is 8.62. The maximum Gasteiger partial charge on any atom is 0.0503 e. The Morgan fingerprint density at radius 3 is 1.26 bits per heavy atom. The lowest BCUT2D eigenvalue weighted by Gasteiger charge is -2.28. The molecule has 0 heterocycles. The molecule has 224 valence electrons. The zero-order valence-corrected chi connectivity index (χ0v) is 26.4. The first-order valence-electron chi connectivity index (χ1n) is 18.1. The lowest BCUT2D eigenvalue weighted by Crippen LogP contribution is -2.14. The zero-order valence-electron chi connectivity index (χ0n) is 26.4. The number of rotatable bonds is 16. The molecule has 1 nitrogen and oxygen atoms in total. The van der Waals surface area contributed by atoms with Crippen molar-refractivity contribution in [2.45, 2.75) is 168 Å². The van der Waals surface area contributed by atoms with E-state index >= 15 is 0 Å². The molecule has 4 rings (SSSR count). The van der Waals surface area contributed by atoms with E-state index < -0.39 is 0 Å². The van der Waals surface area contributed by atoms with Crippen LogP contribution in [0.2, 0.25) is 0 Å².